The fraction of sp³-hybridized carbons (Fsp3) is 0.900. The molecule has 6 heteroatoms. The standard InChI is InChI=1S/C10H20N2O3S/c1-7(8(5-13)16-2)12-9(14)10(11)3-4-15-6-10/h7-8,13H,3-6,11H2,1-2H3,(H,12,14). The first-order valence-corrected chi connectivity index (χ1v) is 6.63. The molecular weight excluding hydrogens is 228 g/mol. The highest BCUT2D eigenvalue weighted by molar-refractivity contribution is 7.99. The molecule has 1 heterocycles. The second kappa shape index (κ2) is 5.86. The molecule has 5 nitrogen and oxygen atoms in total. The Morgan fingerprint density at radius 1 is 1.75 bits per heavy atom. The molecule has 1 aliphatic heterocycles. The number of carbonyl (C=O) groups is 1. The van der Waals surface area contributed by atoms with Crippen molar-refractivity contribution in [3.8, 4) is 0 Å². The van der Waals surface area contributed by atoms with Gasteiger partial charge >= 0.3 is 0 Å². The number of ether oxygens (including phenoxy) is 1. The number of rotatable bonds is 5. The molecule has 1 rings (SSSR count). The van der Waals surface area contributed by atoms with E-state index in [2.05, 4.69) is 5.32 Å². The zero-order chi connectivity index (χ0) is 12.2. The summed E-state index contributed by atoms with van der Waals surface area (Å²) >= 11 is 1.52. The van der Waals surface area contributed by atoms with Gasteiger partial charge in [-0.3, -0.25) is 4.79 Å². The van der Waals surface area contributed by atoms with Gasteiger partial charge in [-0.15, -0.1) is 0 Å². The van der Waals surface area contributed by atoms with Crippen LogP contribution >= 0.6 is 11.8 Å². The Labute approximate surface area is 100 Å². The molecule has 0 spiro atoms. The van der Waals surface area contributed by atoms with Gasteiger partial charge in [-0.25, -0.2) is 0 Å². The average Bonchev–Trinajstić information content (AvgIpc) is 2.68. The first-order chi connectivity index (χ1) is 7.53. The van der Waals surface area contributed by atoms with E-state index in [1.165, 1.54) is 11.8 Å². The number of thioether (sulfide) groups is 1. The van der Waals surface area contributed by atoms with Gasteiger partial charge in [0.25, 0.3) is 0 Å². The first-order valence-electron chi connectivity index (χ1n) is 5.35. The number of carbonyl (C=O) groups excluding carboxylic acids is 1. The van der Waals surface area contributed by atoms with Crippen LogP contribution in [0.3, 0.4) is 0 Å². The average molecular weight is 248 g/mol. The van der Waals surface area contributed by atoms with Gasteiger partial charge in [-0.1, -0.05) is 0 Å². The molecule has 0 aromatic carbocycles. The van der Waals surface area contributed by atoms with Gasteiger partial charge in [-0.2, -0.15) is 11.8 Å². The molecular formula is C10H20N2O3S. The van der Waals surface area contributed by atoms with Gasteiger partial charge < -0.3 is 20.9 Å². The summed E-state index contributed by atoms with van der Waals surface area (Å²) in [6.07, 6.45) is 2.45. The topological polar surface area (TPSA) is 84.6 Å². The lowest BCUT2D eigenvalue weighted by molar-refractivity contribution is -0.127. The van der Waals surface area contributed by atoms with Gasteiger partial charge in [0.15, 0.2) is 0 Å². The van der Waals surface area contributed by atoms with Crippen molar-refractivity contribution < 1.29 is 14.6 Å². The van der Waals surface area contributed by atoms with Crippen LogP contribution in [0.15, 0.2) is 0 Å². The highest BCUT2D eigenvalue weighted by Gasteiger charge is 2.39. The fourth-order valence-electron chi connectivity index (χ4n) is 1.64. The Hall–Kier alpha value is -0.300. The molecule has 16 heavy (non-hydrogen) atoms. The SMILES string of the molecule is CSC(CO)C(C)NC(=O)C1(N)CCOC1. The van der Waals surface area contributed by atoms with E-state index in [-0.39, 0.29) is 30.4 Å². The predicted molar refractivity (Wildman–Crippen MR) is 64.3 cm³/mol. The van der Waals surface area contributed by atoms with Gasteiger partial charge in [-0.05, 0) is 19.6 Å². The molecule has 0 aromatic rings. The second-order valence-electron chi connectivity index (χ2n) is 4.18. The van der Waals surface area contributed by atoms with Crippen molar-refractivity contribution in [2.24, 2.45) is 5.73 Å². The molecule has 3 atom stereocenters. The van der Waals surface area contributed by atoms with Crippen LogP contribution in [-0.2, 0) is 9.53 Å². The van der Waals surface area contributed by atoms with Crippen LogP contribution in [0.4, 0.5) is 0 Å². The number of hydrogen-bond acceptors (Lipinski definition) is 5. The van der Waals surface area contributed by atoms with Crippen LogP contribution in [0.5, 0.6) is 0 Å². The summed E-state index contributed by atoms with van der Waals surface area (Å²) in [6, 6.07) is -0.103. The Bertz CT molecular complexity index is 240. The van der Waals surface area contributed by atoms with E-state index >= 15 is 0 Å². The molecule has 0 aromatic heterocycles. The Morgan fingerprint density at radius 3 is 2.88 bits per heavy atom. The number of aliphatic hydroxyl groups excluding tert-OH is 1. The minimum atomic E-state index is -0.896. The third kappa shape index (κ3) is 3.10. The summed E-state index contributed by atoms with van der Waals surface area (Å²) in [5, 5.41) is 11.9. The van der Waals surface area contributed by atoms with E-state index in [4.69, 9.17) is 15.6 Å². The maximum Gasteiger partial charge on any atom is 0.242 e. The van der Waals surface area contributed by atoms with Crippen molar-refractivity contribution >= 4 is 17.7 Å². The number of hydrogen-bond donors (Lipinski definition) is 3. The molecule has 94 valence electrons. The van der Waals surface area contributed by atoms with Crippen LogP contribution in [0.1, 0.15) is 13.3 Å². The van der Waals surface area contributed by atoms with E-state index in [0.29, 0.717) is 13.0 Å². The molecule has 0 radical (unpaired) electrons. The van der Waals surface area contributed by atoms with Gasteiger partial charge in [0.2, 0.25) is 5.91 Å². The highest BCUT2D eigenvalue weighted by Crippen LogP contribution is 2.17. The van der Waals surface area contributed by atoms with Crippen LogP contribution in [0.25, 0.3) is 0 Å². The van der Waals surface area contributed by atoms with E-state index in [1.807, 2.05) is 13.2 Å². The minimum absolute atomic E-state index is 0.00475. The zero-order valence-corrected chi connectivity index (χ0v) is 10.5. The smallest absolute Gasteiger partial charge is 0.242 e. The van der Waals surface area contributed by atoms with Crippen molar-refractivity contribution in [1.29, 1.82) is 0 Å². The number of amides is 1. The van der Waals surface area contributed by atoms with Crippen molar-refractivity contribution in [3.05, 3.63) is 0 Å². The molecule has 1 amide bonds. The molecule has 0 aliphatic carbocycles. The predicted octanol–water partition coefficient (Wildman–Crippen LogP) is -0.667. The van der Waals surface area contributed by atoms with Crippen LogP contribution < -0.4 is 11.1 Å². The second-order valence-corrected chi connectivity index (χ2v) is 5.25. The summed E-state index contributed by atoms with van der Waals surface area (Å²) < 4.78 is 5.14. The van der Waals surface area contributed by atoms with Crippen molar-refractivity contribution in [3.63, 3.8) is 0 Å². The molecule has 1 fully saturated rings. The first kappa shape index (κ1) is 13.8. The normalized spacial score (nSPS) is 28.8. The van der Waals surface area contributed by atoms with Crippen molar-refractivity contribution in [2.75, 3.05) is 26.1 Å². The molecule has 3 unspecified atom stereocenters. The molecule has 0 saturated carbocycles. The van der Waals surface area contributed by atoms with E-state index in [0.717, 1.165) is 0 Å². The third-order valence-corrected chi connectivity index (χ3v) is 4.07. The largest absolute Gasteiger partial charge is 0.395 e. The third-order valence-electron chi connectivity index (χ3n) is 2.90. The Balaban J connectivity index is 2.50. The quantitative estimate of drug-likeness (QED) is 0.601. The fourth-order valence-corrected chi connectivity index (χ4v) is 2.27. The number of nitrogens with one attached hydrogen (secondary N) is 1. The zero-order valence-electron chi connectivity index (χ0n) is 9.73. The maximum absolute atomic E-state index is 11.9. The lowest BCUT2D eigenvalue weighted by atomic mass is 9.98. The van der Waals surface area contributed by atoms with Crippen molar-refractivity contribution in [2.45, 2.75) is 30.2 Å². The van der Waals surface area contributed by atoms with Crippen LogP contribution in [0, 0.1) is 0 Å². The van der Waals surface area contributed by atoms with Gasteiger partial charge in [0.1, 0.15) is 5.54 Å². The Kier molecular flexibility index (Phi) is 5.04. The molecule has 4 N–H and O–H groups in total. The summed E-state index contributed by atoms with van der Waals surface area (Å²) in [5.74, 6) is -0.190. The minimum Gasteiger partial charge on any atom is -0.395 e. The van der Waals surface area contributed by atoms with E-state index < -0.39 is 5.54 Å². The monoisotopic (exact) mass is 248 g/mol. The van der Waals surface area contributed by atoms with Gasteiger partial charge in [0.05, 0.1) is 13.2 Å². The summed E-state index contributed by atoms with van der Waals surface area (Å²) in [5.41, 5.74) is 5.03. The van der Waals surface area contributed by atoms with Crippen molar-refractivity contribution in [1.82, 2.24) is 5.32 Å². The Morgan fingerprint density at radius 2 is 2.44 bits per heavy atom. The number of aliphatic hydroxyl groups is 1. The summed E-state index contributed by atoms with van der Waals surface area (Å²) in [7, 11) is 0. The summed E-state index contributed by atoms with van der Waals surface area (Å²) in [4.78, 5) is 11.9. The van der Waals surface area contributed by atoms with Crippen LogP contribution in [0.2, 0.25) is 0 Å². The highest BCUT2D eigenvalue weighted by atomic mass is 32.2. The van der Waals surface area contributed by atoms with Gasteiger partial charge in [0, 0.05) is 17.9 Å². The molecule has 1 aliphatic rings. The maximum atomic E-state index is 11.9. The lowest BCUT2D eigenvalue weighted by Crippen LogP contribution is -2.57. The number of nitrogens with two attached hydrogens (primary N) is 1. The van der Waals surface area contributed by atoms with E-state index in [1.54, 1.807) is 0 Å². The molecule has 0 bridgehead atoms. The molecule has 1 saturated heterocycles. The lowest BCUT2D eigenvalue weighted by Gasteiger charge is -2.27. The van der Waals surface area contributed by atoms with Crippen LogP contribution in [-0.4, -0.2) is 53.9 Å². The van der Waals surface area contributed by atoms with E-state index in [9.17, 15) is 4.79 Å². The summed E-state index contributed by atoms with van der Waals surface area (Å²) in [6.45, 7) is 2.71.